The first-order chi connectivity index (χ1) is 12.7. The van der Waals surface area contributed by atoms with Gasteiger partial charge in [-0.3, -0.25) is 0 Å². The van der Waals surface area contributed by atoms with Crippen molar-refractivity contribution in [2.75, 3.05) is 7.11 Å². The summed E-state index contributed by atoms with van der Waals surface area (Å²) in [4.78, 5) is 15.8. The number of carbonyl (C=O) groups excluding carboxylic acids is 1. The van der Waals surface area contributed by atoms with Crippen molar-refractivity contribution >= 4 is 39.6 Å². The molecule has 3 N–H and O–H groups in total. The molecule has 0 aliphatic heterocycles. The Kier molecular flexibility index (Phi) is 5.60. The van der Waals surface area contributed by atoms with Crippen LogP contribution in [-0.4, -0.2) is 25.3 Å². The number of aliphatic imine (C=N–C) groups is 1. The number of hydrazone groups is 1. The molecule has 7 heteroatoms. The molecule has 0 bridgehead atoms. The Labute approximate surface area is 155 Å². The number of esters is 1. The predicted octanol–water partition coefficient (Wildman–Crippen LogP) is 3.13. The van der Waals surface area contributed by atoms with Crippen LogP contribution in [-0.2, 0) is 11.3 Å². The minimum atomic E-state index is -0.380. The van der Waals surface area contributed by atoms with E-state index in [1.807, 2.05) is 23.6 Å². The van der Waals surface area contributed by atoms with Crippen molar-refractivity contribution in [3.05, 3.63) is 70.6 Å². The molecule has 0 unspecified atom stereocenters. The maximum absolute atomic E-state index is 11.5. The van der Waals surface area contributed by atoms with E-state index in [9.17, 15) is 4.79 Å². The lowest BCUT2D eigenvalue weighted by Gasteiger charge is -2.03. The maximum Gasteiger partial charge on any atom is 0.337 e. The summed E-state index contributed by atoms with van der Waals surface area (Å²) in [7, 11) is 1.35. The Morgan fingerprint density at radius 3 is 2.96 bits per heavy atom. The zero-order chi connectivity index (χ0) is 18.4. The summed E-state index contributed by atoms with van der Waals surface area (Å²) in [5, 5.41) is 7.33. The third kappa shape index (κ3) is 4.25. The zero-order valence-corrected chi connectivity index (χ0v) is 15.0. The second-order valence-corrected chi connectivity index (χ2v) is 6.36. The molecular formula is C19H18N4O2S. The van der Waals surface area contributed by atoms with E-state index in [1.165, 1.54) is 11.8 Å². The van der Waals surface area contributed by atoms with E-state index in [0.717, 1.165) is 16.5 Å². The van der Waals surface area contributed by atoms with Crippen molar-refractivity contribution in [3.63, 3.8) is 0 Å². The number of nitrogens with zero attached hydrogens (tertiary/aromatic N) is 2. The quantitative estimate of drug-likeness (QED) is 0.314. The summed E-state index contributed by atoms with van der Waals surface area (Å²) in [5.74, 6) is -0.182. The average molecular weight is 366 g/mol. The molecule has 1 aromatic heterocycles. The van der Waals surface area contributed by atoms with Crippen LogP contribution in [0, 0.1) is 0 Å². The smallest absolute Gasteiger partial charge is 0.337 e. The standard InChI is InChI=1S/C19H18N4O2S/c1-25-18(24)14-6-4-5-13(9-14)10-21-19(20)23-22-11-15-12-26-17-8-3-2-7-16(15)17/h2-9,11-12H,10H2,1H3,(H3,20,21,23)/b22-11+. The van der Waals surface area contributed by atoms with Crippen molar-refractivity contribution in [1.29, 1.82) is 0 Å². The van der Waals surface area contributed by atoms with Gasteiger partial charge in [0.1, 0.15) is 0 Å². The van der Waals surface area contributed by atoms with Crippen molar-refractivity contribution in [2.24, 2.45) is 15.8 Å². The number of carbonyl (C=O) groups is 1. The highest BCUT2D eigenvalue weighted by Gasteiger charge is 2.05. The molecule has 0 saturated heterocycles. The molecule has 0 saturated carbocycles. The third-order valence-electron chi connectivity index (χ3n) is 3.67. The van der Waals surface area contributed by atoms with Gasteiger partial charge in [-0.05, 0) is 23.8 Å². The number of methoxy groups -OCH3 is 1. The molecule has 6 nitrogen and oxygen atoms in total. The second kappa shape index (κ2) is 8.26. The molecule has 3 aromatic rings. The number of guanidine groups is 1. The van der Waals surface area contributed by atoms with Gasteiger partial charge in [0.25, 0.3) is 0 Å². The summed E-state index contributed by atoms with van der Waals surface area (Å²) < 4.78 is 5.92. The highest BCUT2D eigenvalue weighted by Crippen LogP contribution is 2.24. The topological polar surface area (TPSA) is 89.1 Å². The van der Waals surface area contributed by atoms with E-state index < -0.39 is 0 Å². The maximum atomic E-state index is 11.5. The Morgan fingerprint density at radius 1 is 1.27 bits per heavy atom. The third-order valence-corrected chi connectivity index (χ3v) is 4.66. The van der Waals surface area contributed by atoms with E-state index in [4.69, 9.17) is 10.5 Å². The Hall–Kier alpha value is -3.19. The number of nitrogens with two attached hydrogens (primary N) is 1. The van der Waals surface area contributed by atoms with Gasteiger partial charge in [0, 0.05) is 21.0 Å². The summed E-state index contributed by atoms with van der Waals surface area (Å²) >= 11 is 1.67. The summed E-state index contributed by atoms with van der Waals surface area (Å²) in [5.41, 5.74) is 10.9. The van der Waals surface area contributed by atoms with Gasteiger partial charge in [0.05, 0.1) is 25.4 Å². The summed E-state index contributed by atoms with van der Waals surface area (Å²) in [6, 6.07) is 15.2. The molecule has 132 valence electrons. The number of hydrogen-bond donors (Lipinski definition) is 2. The van der Waals surface area contributed by atoms with Gasteiger partial charge in [-0.1, -0.05) is 30.3 Å². The number of thiophene rings is 1. The van der Waals surface area contributed by atoms with Gasteiger partial charge in [0.15, 0.2) is 0 Å². The SMILES string of the molecule is COC(=O)c1cccc(CN=C(N)N/N=C/c2csc3ccccc23)c1. The first-order valence-corrected chi connectivity index (χ1v) is 8.78. The fourth-order valence-corrected chi connectivity index (χ4v) is 3.30. The van der Waals surface area contributed by atoms with Gasteiger partial charge < -0.3 is 10.5 Å². The highest BCUT2D eigenvalue weighted by molar-refractivity contribution is 7.17. The van der Waals surface area contributed by atoms with Crippen LogP contribution < -0.4 is 11.2 Å². The van der Waals surface area contributed by atoms with Crippen molar-refractivity contribution in [1.82, 2.24) is 5.43 Å². The van der Waals surface area contributed by atoms with Crippen LogP contribution in [0.1, 0.15) is 21.5 Å². The molecule has 26 heavy (non-hydrogen) atoms. The molecule has 0 radical (unpaired) electrons. The number of rotatable bonds is 5. The van der Waals surface area contributed by atoms with Crippen LogP contribution in [0.25, 0.3) is 10.1 Å². The number of hydrogen-bond acceptors (Lipinski definition) is 5. The Balaban J connectivity index is 1.61. The molecule has 2 aromatic carbocycles. The number of fused-ring (bicyclic) bond motifs is 1. The van der Waals surface area contributed by atoms with Crippen LogP contribution in [0.3, 0.4) is 0 Å². The normalized spacial score (nSPS) is 11.8. The molecule has 1 heterocycles. The second-order valence-electron chi connectivity index (χ2n) is 5.45. The first kappa shape index (κ1) is 17.6. The lowest BCUT2D eigenvalue weighted by Crippen LogP contribution is -2.27. The van der Waals surface area contributed by atoms with E-state index in [2.05, 4.69) is 27.7 Å². The van der Waals surface area contributed by atoms with Crippen molar-refractivity contribution < 1.29 is 9.53 Å². The van der Waals surface area contributed by atoms with E-state index >= 15 is 0 Å². The van der Waals surface area contributed by atoms with E-state index in [0.29, 0.717) is 12.1 Å². The van der Waals surface area contributed by atoms with Crippen molar-refractivity contribution in [2.45, 2.75) is 6.54 Å². The molecule has 0 amide bonds. The largest absolute Gasteiger partial charge is 0.465 e. The number of benzene rings is 2. The van der Waals surface area contributed by atoms with Crippen LogP contribution in [0.15, 0.2) is 64.0 Å². The fraction of sp³-hybridized carbons (Fsp3) is 0.105. The van der Waals surface area contributed by atoms with Gasteiger partial charge >= 0.3 is 5.97 Å². The van der Waals surface area contributed by atoms with E-state index in [-0.39, 0.29) is 11.9 Å². The minimum Gasteiger partial charge on any atom is -0.465 e. The van der Waals surface area contributed by atoms with Crippen LogP contribution in [0.2, 0.25) is 0 Å². The lowest BCUT2D eigenvalue weighted by atomic mass is 10.1. The molecule has 0 aliphatic rings. The zero-order valence-electron chi connectivity index (χ0n) is 14.2. The molecule has 0 fully saturated rings. The van der Waals surface area contributed by atoms with Crippen LogP contribution >= 0.6 is 11.3 Å². The Bertz CT molecular complexity index is 978. The van der Waals surface area contributed by atoms with Crippen molar-refractivity contribution in [3.8, 4) is 0 Å². The van der Waals surface area contributed by atoms with Gasteiger partial charge in [-0.2, -0.15) is 5.10 Å². The molecule has 0 spiro atoms. The highest BCUT2D eigenvalue weighted by atomic mass is 32.1. The van der Waals surface area contributed by atoms with Gasteiger partial charge in [-0.15, -0.1) is 11.3 Å². The summed E-state index contributed by atoms with van der Waals surface area (Å²) in [6.07, 6.45) is 1.72. The predicted molar refractivity (Wildman–Crippen MR) is 106 cm³/mol. The molecular weight excluding hydrogens is 348 g/mol. The summed E-state index contributed by atoms with van der Waals surface area (Å²) in [6.45, 7) is 0.334. The van der Waals surface area contributed by atoms with E-state index in [1.54, 1.807) is 35.8 Å². The van der Waals surface area contributed by atoms with Gasteiger partial charge in [0.2, 0.25) is 5.96 Å². The Morgan fingerprint density at radius 2 is 2.12 bits per heavy atom. The molecule has 3 rings (SSSR count). The minimum absolute atomic E-state index is 0.198. The average Bonchev–Trinajstić information content (AvgIpc) is 3.09. The lowest BCUT2D eigenvalue weighted by molar-refractivity contribution is 0.0600. The monoisotopic (exact) mass is 366 g/mol. The van der Waals surface area contributed by atoms with Crippen LogP contribution in [0.4, 0.5) is 0 Å². The van der Waals surface area contributed by atoms with Gasteiger partial charge in [-0.25, -0.2) is 15.2 Å². The molecule has 0 aliphatic carbocycles. The van der Waals surface area contributed by atoms with Crippen LogP contribution in [0.5, 0.6) is 0 Å². The first-order valence-electron chi connectivity index (χ1n) is 7.90. The fourth-order valence-electron chi connectivity index (χ4n) is 2.39. The number of ether oxygens (including phenoxy) is 1. The molecule has 0 atom stereocenters. The number of nitrogens with one attached hydrogen (secondary N) is 1.